The van der Waals surface area contributed by atoms with Gasteiger partial charge >= 0.3 is 11.9 Å². The maximum atomic E-state index is 12.8. The first-order valence-corrected chi connectivity index (χ1v) is 24.2. The van der Waals surface area contributed by atoms with Gasteiger partial charge in [0.25, 0.3) is 0 Å². The Morgan fingerprint density at radius 3 is 1.41 bits per heavy atom. The third-order valence-corrected chi connectivity index (χ3v) is 10.7. The monoisotopic (exact) mass is 830 g/mol. The van der Waals surface area contributed by atoms with Crippen LogP contribution in [-0.2, 0) is 28.6 Å². The molecule has 0 radical (unpaired) electrons. The summed E-state index contributed by atoms with van der Waals surface area (Å²) in [7, 11) is 5.41. The number of unbranched alkanes of at least 4 members (excludes halogenated alkanes) is 21. The molecular weight excluding hydrogens is 739 g/mol. The van der Waals surface area contributed by atoms with Gasteiger partial charge in [0.15, 0.2) is 6.10 Å². The number of hydrogen-bond acceptors (Lipinski definition) is 7. The van der Waals surface area contributed by atoms with Crippen molar-refractivity contribution < 1.29 is 38.2 Å². The molecule has 0 saturated heterocycles. The molecule has 0 N–H and O–H groups in total. The van der Waals surface area contributed by atoms with Gasteiger partial charge in [0, 0.05) is 19.3 Å². The van der Waals surface area contributed by atoms with Gasteiger partial charge in [-0.2, -0.15) is 0 Å². The van der Waals surface area contributed by atoms with Gasteiger partial charge in [-0.05, 0) is 51.4 Å². The molecule has 0 aromatic heterocycles. The van der Waals surface area contributed by atoms with E-state index in [2.05, 4.69) is 62.5 Å². The van der Waals surface area contributed by atoms with E-state index >= 15 is 0 Å². The number of carboxylic acids is 1. The van der Waals surface area contributed by atoms with E-state index in [0.717, 1.165) is 64.2 Å². The Hall–Kier alpha value is -2.71. The lowest BCUT2D eigenvalue weighted by atomic mass is 10.0. The second-order valence-corrected chi connectivity index (χ2v) is 17.3. The molecule has 0 aliphatic rings. The summed E-state index contributed by atoms with van der Waals surface area (Å²) in [5.41, 5.74) is 0. The second-order valence-electron chi connectivity index (χ2n) is 17.3. The highest BCUT2D eigenvalue weighted by atomic mass is 16.6. The van der Waals surface area contributed by atoms with Crippen molar-refractivity contribution in [3.05, 3.63) is 48.6 Å². The fourth-order valence-corrected chi connectivity index (χ4v) is 7.00. The minimum atomic E-state index is -1.13. The fraction of sp³-hybridized carbons (Fsp3) is 0.784. The average molecular weight is 830 g/mol. The van der Waals surface area contributed by atoms with E-state index in [0.29, 0.717) is 12.8 Å². The maximum Gasteiger partial charge on any atom is 0.306 e. The van der Waals surface area contributed by atoms with Crippen molar-refractivity contribution in [3.8, 4) is 0 Å². The third kappa shape index (κ3) is 40.5. The molecule has 0 bridgehead atoms. The summed E-state index contributed by atoms with van der Waals surface area (Å²) in [4.78, 5) is 36.9. The quantitative estimate of drug-likeness (QED) is 0.0261. The van der Waals surface area contributed by atoms with E-state index < -0.39 is 18.1 Å². The number of aliphatic carboxylic acids is 1. The zero-order valence-electron chi connectivity index (χ0n) is 38.9. The number of nitrogens with zero attached hydrogens (tertiary/aromatic N) is 1. The number of likely N-dealkylation sites (N-methyl/N-ethyl adjacent to an activating group) is 1. The number of carbonyl (C=O) groups excluding carboxylic acids is 3. The van der Waals surface area contributed by atoms with Crippen LogP contribution in [0.5, 0.6) is 0 Å². The van der Waals surface area contributed by atoms with Crippen LogP contribution < -0.4 is 5.11 Å². The van der Waals surface area contributed by atoms with Crippen LogP contribution in [0.3, 0.4) is 0 Å². The van der Waals surface area contributed by atoms with Crippen molar-refractivity contribution in [2.75, 3.05) is 41.0 Å². The Bertz CT molecular complexity index is 1110. The number of ether oxygens (including phenoxy) is 3. The van der Waals surface area contributed by atoms with Gasteiger partial charge in [0.1, 0.15) is 12.6 Å². The highest BCUT2D eigenvalue weighted by Gasteiger charge is 2.25. The number of carbonyl (C=O) groups is 3. The van der Waals surface area contributed by atoms with E-state index in [9.17, 15) is 19.5 Å². The molecule has 0 fully saturated rings. The van der Waals surface area contributed by atoms with Gasteiger partial charge in [-0.25, -0.2) is 0 Å². The first-order valence-electron chi connectivity index (χ1n) is 24.2. The topological polar surface area (TPSA) is 102 Å². The normalized spacial score (nSPS) is 13.3. The largest absolute Gasteiger partial charge is 0.544 e. The Morgan fingerprint density at radius 1 is 0.525 bits per heavy atom. The SMILES string of the molecule is CC/C=C\C/C=C\C/C=C\C/C=C\CCCCCCCCCCCCC(=O)OC(COCCC(C(=O)[O-])[N+](C)(C)C)COC(=O)CCCCCCCCCCCCCC. The maximum absolute atomic E-state index is 12.8. The van der Waals surface area contributed by atoms with E-state index in [-0.39, 0.29) is 42.7 Å². The molecule has 59 heavy (non-hydrogen) atoms. The predicted octanol–water partition coefficient (Wildman–Crippen LogP) is 12.3. The Morgan fingerprint density at radius 2 is 0.949 bits per heavy atom. The zero-order chi connectivity index (χ0) is 43.5. The van der Waals surface area contributed by atoms with Gasteiger partial charge in [-0.3, -0.25) is 9.59 Å². The zero-order valence-corrected chi connectivity index (χ0v) is 38.9. The second kappa shape index (κ2) is 42.0. The molecule has 8 heteroatoms. The Balaban J connectivity index is 4.23. The lowest BCUT2D eigenvalue weighted by Gasteiger charge is -2.34. The van der Waals surface area contributed by atoms with E-state index in [1.165, 1.54) is 109 Å². The lowest BCUT2D eigenvalue weighted by molar-refractivity contribution is -0.889. The van der Waals surface area contributed by atoms with Gasteiger partial charge in [0.2, 0.25) is 0 Å². The molecular formula is C51H91NO7. The van der Waals surface area contributed by atoms with Crippen LogP contribution in [0, 0.1) is 0 Å². The van der Waals surface area contributed by atoms with Crippen LogP contribution in [0.25, 0.3) is 0 Å². The molecule has 0 amide bonds. The molecule has 0 aliphatic carbocycles. The van der Waals surface area contributed by atoms with Crippen molar-refractivity contribution in [2.24, 2.45) is 0 Å². The van der Waals surface area contributed by atoms with Crippen LogP contribution >= 0.6 is 0 Å². The summed E-state index contributed by atoms with van der Waals surface area (Å²) < 4.78 is 17.2. The highest BCUT2D eigenvalue weighted by Crippen LogP contribution is 2.15. The summed E-state index contributed by atoms with van der Waals surface area (Å²) in [5.74, 6) is -1.73. The van der Waals surface area contributed by atoms with Gasteiger partial charge in [0.05, 0.1) is 40.3 Å². The summed E-state index contributed by atoms with van der Waals surface area (Å²) in [6.45, 7) is 4.55. The fourth-order valence-electron chi connectivity index (χ4n) is 7.00. The molecule has 342 valence electrons. The number of hydrogen-bond donors (Lipinski definition) is 0. The molecule has 0 aliphatic heterocycles. The number of rotatable bonds is 43. The molecule has 0 heterocycles. The van der Waals surface area contributed by atoms with Gasteiger partial charge < -0.3 is 28.6 Å². The van der Waals surface area contributed by atoms with E-state index in [1.54, 1.807) is 21.1 Å². The van der Waals surface area contributed by atoms with Gasteiger partial charge in [-0.15, -0.1) is 0 Å². The van der Waals surface area contributed by atoms with E-state index in [1.807, 2.05) is 0 Å². The molecule has 0 spiro atoms. The minimum Gasteiger partial charge on any atom is -0.544 e. The van der Waals surface area contributed by atoms with Crippen LogP contribution in [0.2, 0.25) is 0 Å². The van der Waals surface area contributed by atoms with Crippen molar-refractivity contribution in [1.29, 1.82) is 0 Å². The first-order chi connectivity index (χ1) is 28.6. The standard InChI is InChI=1S/C51H91NO7/c1-6-8-10-12-14-16-18-20-21-22-23-24-25-26-27-28-29-30-32-34-36-38-40-42-50(54)59-47(45-57-44-43-48(51(55)56)52(3,4)5)46-58-49(53)41-39-37-35-33-31-19-17-15-13-11-9-7-2/h8,10,14,16,20-21,23-24,47-48H,6-7,9,11-13,15,17-19,22,25-46H2,1-5H3/b10-8-,16-14-,21-20-,24-23-. The van der Waals surface area contributed by atoms with Gasteiger partial charge in [-0.1, -0.05) is 184 Å². The molecule has 0 rings (SSSR count). The van der Waals surface area contributed by atoms with Crippen LogP contribution in [0.15, 0.2) is 48.6 Å². The van der Waals surface area contributed by atoms with Crippen molar-refractivity contribution >= 4 is 17.9 Å². The molecule has 0 aromatic carbocycles. The summed E-state index contributed by atoms with van der Waals surface area (Å²) in [5, 5.41) is 11.6. The number of quaternary nitrogens is 1. The Kier molecular flexibility index (Phi) is 40.1. The highest BCUT2D eigenvalue weighted by molar-refractivity contribution is 5.70. The molecule has 8 nitrogen and oxygen atoms in total. The lowest BCUT2D eigenvalue weighted by Crippen LogP contribution is -2.55. The summed E-state index contributed by atoms with van der Waals surface area (Å²) >= 11 is 0. The van der Waals surface area contributed by atoms with Crippen molar-refractivity contribution in [2.45, 2.75) is 219 Å². The van der Waals surface area contributed by atoms with Crippen LogP contribution in [0.1, 0.15) is 206 Å². The molecule has 0 saturated carbocycles. The third-order valence-electron chi connectivity index (χ3n) is 10.7. The number of carboxylic acid groups (broad SMARTS) is 1. The Labute approximate surface area is 363 Å². The smallest absolute Gasteiger partial charge is 0.306 e. The summed E-state index contributed by atoms with van der Waals surface area (Å²) in [6, 6.07) is -0.726. The molecule has 2 unspecified atom stereocenters. The molecule has 0 aromatic rings. The summed E-state index contributed by atoms with van der Waals surface area (Å²) in [6.07, 6.45) is 49.9. The van der Waals surface area contributed by atoms with Crippen molar-refractivity contribution in [1.82, 2.24) is 0 Å². The first kappa shape index (κ1) is 56.3. The average Bonchev–Trinajstić information content (AvgIpc) is 3.19. The molecule has 2 atom stereocenters. The number of esters is 2. The van der Waals surface area contributed by atoms with E-state index in [4.69, 9.17) is 14.2 Å². The minimum absolute atomic E-state index is 0.0406. The van der Waals surface area contributed by atoms with Crippen LogP contribution in [-0.4, -0.2) is 75.5 Å². The number of allylic oxidation sites excluding steroid dienone is 8. The predicted molar refractivity (Wildman–Crippen MR) is 245 cm³/mol. The van der Waals surface area contributed by atoms with Crippen LogP contribution in [0.4, 0.5) is 0 Å². The van der Waals surface area contributed by atoms with Crippen molar-refractivity contribution in [3.63, 3.8) is 0 Å².